The van der Waals surface area contributed by atoms with Crippen LogP contribution in [0.25, 0.3) is 0 Å². The molecule has 1 aromatic rings. The van der Waals surface area contributed by atoms with Gasteiger partial charge in [-0.15, -0.1) is 0 Å². The quantitative estimate of drug-likeness (QED) is 0.911. The largest absolute Gasteiger partial charge is 0.329 e. The van der Waals surface area contributed by atoms with Gasteiger partial charge in [0.25, 0.3) is 0 Å². The van der Waals surface area contributed by atoms with Crippen LogP contribution < -0.4 is 5.73 Å². The standard InChI is InChI=1S/C18H30N2/c1-12-8-15(4)16(5)20(11-12)18(10-19)17-7-6-13(2)14(3)9-17/h6-7,9,12,15-16,18H,8,10-11,19H2,1-5H3. The Morgan fingerprint density at radius 1 is 1.20 bits per heavy atom. The van der Waals surface area contributed by atoms with E-state index in [0.29, 0.717) is 18.6 Å². The van der Waals surface area contributed by atoms with Crippen LogP contribution in [-0.2, 0) is 0 Å². The molecule has 1 aromatic carbocycles. The number of hydrogen-bond donors (Lipinski definition) is 1. The second-order valence-electron chi connectivity index (χ2n) is 6.85. The highest BCUT2D eigenvalue weighted by Gasteiger charge is 2.33. The SMILES string of the molecule is Cc1ccc(C(CN)N2CC(C)CC(C)C2C)cc1C. The van der Waals surface area contributed by atoms with Crippen LogP contribution in [0.3, 0.4) is 0 Å². The molecule has 0 aliphatic carbocycles. The van der Waals surface area contributed by atoms with Gasteiger partial charge in [0.1, 0.15) is 0 Å². The number of rotatable bonds is 3. The lowest BCUT2D eigenvalue weighted by atomic mass is 9.84. The smallest absolute Gasteiger partial charge is 0.0473 e. The molecular weight excluding hydrogens is 244 g/mol. The van der Waals surface area contributed by atoms with Gasteiger partial charge < -0.3 is 5.73 Å². The van der Waals surface area contributed by atoms with E-state index in [-0.39, 0.29) is 0 Å². The van der Waals surface area contributed by atoms with Gasteiger partial charge in [0, 0.05) is 25.2 Å². The van der Waals surface area contributed by atoms with Crippen molar-refractivity contribution in [2.75, 3.05) is 13.1 Å². The van der Waals surface area contributed by atoms with Crippen molar-refractivity contribution in [3.63, 3.8) is 0 Å². The number of hydrogen-bond acceptors (Lipinski definition) is 2. The third kappa shape index (κ3) is 3.07. The molecule has 4 unspecified atom stereocenters. The molecule has 20 heavy (non-hydrogen) atoms. The summed E-state index contributed by atoms with van der Waals surface area (Å²) in [7, 11) is 0. The Morgan fingerprint density at radius 2 is 1.90 bits per heavy atom. The van der Waals surface area contributed by atoms with Gasteiger partial charge in [0.15, 0.2) is 0 Å². The van der Waals surface area contributed by atoms with E-state index in [1.807, 2.05) is 0 Å². The Bertz CT molecular complexity index is 455. The molecule has 0 amide bonds. The predicted octanol–water partition coefficient (Wildman–Crippen LogP) is 3.67. The van der Waals surface area contributed by atoms with Crippen LogP contribution in [0.2, 0.25) is 0 Å². The summed E-state index contributed by atoms with van der Waals surface area (Å²) < 4.78 is 0. The zero-order valence-electron chi connectivity index (χ0n) is 13.7. The topological polar surface area (TPSA) is 29.3 Å². The van der Waals surface area contributed by atoms with Crippen molar-refractivity contribution in [1.82, 2.24) is 4.90 Å². The van der Waals surface area contributed by atoms with Crippen LogP contribution in [0.1, 0.15) is 49.9 Å². The number of nitrogens with zero attached hydrogens (tertiary/aromatic N) is 1. The van der Waals surface area contributed by atoms with E-state index in [9.17, 15) is 0 Å². The zero-order chi connectivity index (χ0) is 14.9. The van der Waals surface area contributed by atoms with Crippen LogP contribution >= 0.6 is 0 Å². The van der Waals surface area contributed by atoms with Crippen LogP contribution in [0, 0.1) is 25.7 Å². The Morgan fingerprint density at radius 3 is 2.50 bits per heavy atom. The molecule has 1 fully saturated rings. The summed E-state index contributed by atoms with van der Waals surface area (Å²) in [6, 6.07) is 7.78. The minimum atomic E-state index is 0.356. The maximum absolute atomic E-state index is 6.14. The fourth-order valence-electron chi connectivity index (χ4n) is 3.61. The van der Waals surface area contributed by atoms with E-state index in [0.717, 1.165) is 11.8 Å². The third-order valence-corrected chi connectivity index (χ3v) is 5.18. The van der Waals surface area contributed by atoms with E-state index in [2.05, 4.69) is 57.7 Å². The maximum atomic E-state index is 6.14. The van der Waals surface area contributed by atoms with E-state index in [1.54, 1.807) is 0 Å². The van der Waals surface area contributed by atoms with E-state index in [4.69, 9.17) is 5.73 Å². The van der Waals surface area contributed by atoms with Crippen molar-refractivity contribution in [2.45, 2.75) is 53.1 Å². The Balaban J connectivity index is 2.28. The fraction of sp³-hybridized carbons (Fsp3) is 0.667. The summed E-state index contributed by atoms with van der Waals surface area (Å²) in [6.07, 6.45) is 1.34. The summed E-state index contributed by atoms with van der Waals surface area (Å²) in [5.41, 5.74) is 10.2. The summed E-state index contributed by atoms with van der Waals surface area (Å²) in [6.45, 7) is 13.3. The van der Waals surface area contributed by atoms with Crippen molar-refractivity contribution in [3.8, 4) is 0 Å². The molecule has 0 aromatic heterocycles. The zero-order valence-corrected chi connectivity index (χ0v) is 13.7. The number of likely N-dealkylation sites (tertiary alicyclic amines) is 1. The van der Waals surface area contributed by atoms with Gasteiger partial charge in [-0.2, -0.15) is 0 Å². The molecule has 1 aliphatic heterocycles. The van der Waals surface area contributed by atoms with E-state index < -0.39 is 0 Å². The third-order valence-electron chi connectivity index (χ3n) is 5.18. The van der Waals surface area contributed by atoms with Crippen molar-refractivity contribution < 1.29 is 0 Å². The summed E-state index contributed by atoms with van der Waals surface area (Å²) >= 11 is 0. The molecule has 0 saturated carbocycles. The highest BCUT2D eigenvalue weighted by atomic mass is 15.2. The van der Waals surface area contributed by atoms with Crippen LogP contribution in [0.15, 0.2) is 18.2 Å². The molecule has 112 valence electrons. The molecule has 1 aliphatic rings. The van der Waals surface area contributed by atoms with Crippen molar-refractivity contribution >= 4 is 0 Å². The second-order valence-corrected chi connectivity index (χ2v) is 6.85. The lowest BCUT2D eigenvalue weighted by molar-refractivity contribution is 0.0424. The average molecular weight is 274 g/mol. The average Bonchev–Trinajstić information content (AvgIpc) is 2.40. The van der Waals surface area contributed by atoms with Crippen LogP contribution in [0.5, 0.6) is 0 Å². The van der Waals surface area contributed by atoms with Crippen molar-refractivity contribution in [2.24, 2.45) is 17.6 Å². The van der Waals surface area contributed by atoms with E-state index >= 15 is 0 Å². The van der Waals surface area contributed by atoms with E-state index in [1.165, 1.54) is 29.7 Å². The first-order valence-corrected chi connectivity index (χ1v) is 7.97. The van der Waals surface area contributed by atoms with Gasteiger partial charge in [-0.25, -0.2) is 0 Å². The van der Waals surface area contributed by atoms with Crippen molar-refractivity contribution in [3.05, 3.63) is 34.9 Å². The molecule has 2 N–H and O–H groups in total. The monoisotopic (exact) mass is 274 g/mol. The molecular formula is C18H30N2. The molecule has 0 spiro atoms. The fourth-order valence-corrected chi connectivity index (χ4v) is 3.61. The molecule has 2 nitrogen and oxygen atoms in total. The lowest BCUT2D eigenvalue weighted by Crippen LogP contribution is -2.49. The molecule has 0 bridgehead atoms. The summed E-state index contributed by atoms with van der Waals surface area (Å²) in [5, 5.41) is 0. The number of piperidine rings is 1. The summed E-state index contributed by atoms with van der Waals surface area (Å²) in [4.78, 5) is 2.63. The first kappa shape index (κ1) is 15.5. The lowest BCUT2D eigenvalue weighted by Gasteiger charge is -2.45. The van der Waals surface area contributed by atoms with Gasteiger partial charge in [0.2, 0.25) is 0 Å². The molecule has 1 heterocycles. The van der Waals surface area contributed by atoms with Gasteiger partial charge in [-0.05, 0) is 55.7 Å². The van der Waals surface area contributed by atoms with Crippen LogP contribution in [-0.4, -0.2) is 24.0 Å². The second kappa shape index (κ2) is 6.28. The van der Waals surface area contributed by atoms with Gasteiger partial charge >= 0.3 is 0 Å². The Labute approximate surface area is 124 Å². The van der Waals surface area contributed by atoms with Gasteiger partial charge in [-0.1, -0.05) is 32.0 Å². The Hall–Kier alpha value is -0.860. The maximum Gasteiger partial charge on any atom is 0.0473 e. The first-order chi connectivity index (χ1) is 9.43. The summed E-state index contributed by atoms with van der Waals surface area (Å²) in [5.74, 6) is 1.51. The highest BCUT2D eigenvalue weighted by Crippen LogP contribution is 2.33. The predicted molar refractivity (Wildman–Crippen MR) is 86.8 cm³/mol. The van der Waals surface area contributed by atoms with Gasteiger partial charge in [0.05, 0.1) is 0 Å². The highest BCUT2D eigenvalue weighted by molar-refractivity contribution is 5.32. The molecule has 2 heteroatoms. The normalized spacial score (nSPS) is 29.4. The van der Waals surface area contributed by atoms with Crippen molar-refractivity contribution in [1.29, 1.82) is 0 Å². The Kier molecular flexibility index (Phi) is 4.87. The molecule has 2 rings (SSSR count). The first-order valence-electron chi connectivity index (χ1n) is 7.97. The number of benzene rings is 1. The van der Waals surface area contributed by atoms with Gasteiger partial charge in [-0.3, -0.25) is 4.90 Å². The molecule has 1 saturated heterocycles. The molecule has 0 radical (unpaired) electrons. The minimum absolute atomic E-state index is 0.356. The van der Waals surface area contributed by atoms with Crippen LogP contribution in [0.4, 0.5) is 0 Å². The number of aryl methyl sites for hydroxylation is 2. The number of nitrogens with two attached hydrogens (primary N) is 1. The minimum Gasteiger partial charge on any atom is -0.329 e. The molecule has 4 atom stereocenters.